The molecule has 1 aromatic heterocycles. The highest BCUT2D eigenvalue weighted by Gasteiger charge is 2.21. The molecule has 1 saturated carbocycles. The Balaban J connectivity index is 1.94. The van der Waals surface area contributed by atoms with Crippen molar-refractivity contribution >= 4 is 0 Å². The van der Waals surface area contributed by atoms with Gasteiger partial charge in [-0.2, -0.15) is 5.10 Å². The number of hydrogen-bond acceptors (Lipinski definition) is 2. The molecule has 0 radical (unpaired) electrons. The molecule has 1 N–H and O–H groups in total. The fourth-order valence-electron chi connectivity index (χ4n) is 2.47. The third kappa shape index (κ3) is 2.22. The minimum absolute atomic E-state index is 0.136. The van der Waals surface area contributed by atoms with Gasteiger partial charge in [0.05, 0.1) is 0 Å². The molecule has 1 fully saturated rings. The summed E-state index contributed by atoms with van der Waals surface area (Å²) in [5.41, 5.74) is 0.136. The van der Waals surface area contributed by atoms with Crippen molar-refractivity contribution < 1.29 is 13.2 Å². The zero-order chi connectivity index (χ0) is 13.4. The number of H-pyrrole nitrogens is 1. The highest BCUT2D eigenvalue weighted by atomic mass is 19.2. The molecule has 0 bridgehead atoms. The first-order valence-electron chi connectivity index (χ1n) is 6.22. The lowest BCUT2D eigenvalue weighted by Crippen LogP contribution is -1.95. The fraction of sp³-hybridized carbons (Fsp3) is 0.385. The first kappa shape index (κ1) is 12.2. The van der Waals surface area contributed by atoms with E-state index >= 15 is 0 Å². The minimum Gasteiger partial charge on any atom is -0.262 e. The van der Waals surface area contributed by atoms with E-state index in [2.05, 4.69) is 15.2 Å². The zero-order valence-electron chi connectivity index (χ0n) is 10.1. The maximum atomic E-state index is 13.2. The standard InChI is InChI=1S/C13H12F3N3/c14-9-5-8(6-10(15)11(9)16)13-17-12(18-19-13)7-3-1-2-4-7/h5-7H,1-4H2,(H,17,18,19). The molecule has 0 amide bonds. The van der Waals surface area contributed by atoms with Crippen LogP contribution in [0.4, 0.5) is 13.2 Å². The summed E-state index contributed by atoms with van der Waals surface area (Å²) in [7, 11) is 0. The van der Waals surface area contributed by atoms with Crippen molar-refractivity contribution in [1.29, 1.82) is 0 Å². The Hall–Kier alpha value is -1.85. The van der Waals surface area contributed by atoms with Crippen molar-refractivity contribution in [2.24, 2.45) is 0 Å². The van der Waals surface area contributed by atoms with Crippen LogP contribution in [0, 0.1) is 17.5 Å². The summed E-state index contributed by atoms with van der Waals surface area (Å²) >= 11 is 0. The number of benzene rings is 1. The van der Waals surface area contributed by atoms with Gasteiger partial charge in [-0.1, -0.05) is 12.8 Å². The van der Waals surface area contributed by atoms with Crippen molar-refractivity contribution in [2.45, 2.75) is 31.6 Å². The molecule has 0 saturated heterocycles. The first-order valence-corrected chi connectivity index (χ1v) is 6.22. The van der Waals surface area contributed by atoms with Crippen LogP contribution >= 0.6 is 0 Å². The number of rotatable bonds is 2. The van der Waals surface area contributed by atoms with Gasteiger partial charge in [-0.15, -0.1) is 0 Å². The molecule has 0 aliphatic heterocycles. The van der Waals surface area contributed by atoms with E-state index in [-0.39, 0.29) is 11.4 Å². The molecule has 1 aliphatic carbocycles. The van der Waals surface area contributed by atoms with Gasteiger partial charge in [-0.25, -0.2) is 18.2 Å². The van der Waals surface area contributed by atoms with Crippen molar-refractivity contribution in [3.05, 3.63) is 35.4 Å². The second-order valence-corrected chi connectivity index (χ2v) is 4.78. The molecule has 0 atom stereocenters. The van der Waals surface area contributed by atoms with E-state index in [1.54, 1.807) is 0 Å². The normalized spacial score (nSPS) is 16.2. The van der Waals surface area contributed by atoms with Crippen LogP contribution in [-0.2, 0) is 0 Å². The van der Waals surface area contributed by atoms with Crippen LogP contribution in [0.3, 0.4) is 0 Å². The van der Waals surface area contributed by atoms with Gasteiger partial charge in [0, 0.05) is 11.5 Å². The van der Waals surface area contributed by atoms with Crippen molar-refractivity contribution in [1.82, 2.24) is 15.2 Å². The number of hydrogen-bond donors (Lipinski definition) is 1. The van der Waals surface area contributed by atoms with E-state index in [1.807, 2.05) is 0 Å². The van der Waals surface area contributed by atoms with Gasteiger partial charge < -0.3 is 0 Å². The van der Waals surface area contributed by atoms with Crippen molar-refractivity contribution in [3.63, 3.8) is 0 Å². The Kier molecular flexibility index (Phi) is 3.00. The molecule has 1 heterocycles. The molecule has 3 nitrogen and oxygen atoms in total. The highest BCUT2D eigenvalue weighted by molar-refractivity contribution is 5.54. The van der Waals surface area contributed by atoms with Crippen LogP contribution in [0.2, 0.25) is 0 Å². The van der Waals surface area contributed by atoms with Crippen LogP contribution in [-0.4, -0.2) is 15.2 Å². The fourth-order valence-corrected chi connectivity index (χ4v) is 2.47. The van der Waals surface area contributed by atoms with Crippen LogP contribution in [0.5, 0.6) is 0 Å². The topological polar surface area (TPSA) is 41.6 Å². The second kappa shape index (κ2) is 4.68. The van der Waals surface area contributed by atoms with Gasteiger partial charge >= 0.3 is 0 Å². The average molecular weight is 267 g/mol. The van der Waals surface area contributed by atoms with Crippen LogP contribution in [0.1, 0.15) is 37.4 Å². The van der Waals surface area contributed by atoms with E-state index in [0.29, 0.717) is 5.92 Å². The summed E-state index contributed by atoms with van der Waals surface area (Å²) in [5, 5.41) is 6.75. The summed E-state index contributed by atoms with van der Waals surface area (Å²) in [6, 6.07) is 1.81. The van der Waals surface area contributed by atoms with Gasteiger partial charge in [0.2, 0.25) is 0 Å². The summed E-state index contributed by atoms with van der Waals surface area (Å²) < 4.78 is 39.2. The van der Waals surface area contributed by atoms with Gasteiger partial charge in [0.1, 0.15) is 5.82 Å². The molecule has 100 valence electrons. The summed E-state index contributed by atoms with van der Waals surface area (Å²) in [6.07, 6.45) is 4.39. The lowest BCUT2D eigenvalue weighted by molar-refractivity contribution is 0.447. The van der Waals surface area contributed by atoms with Crippen LogP contribution in [0.25, 0.3) is 11.4 Å². The molecule has 0 unspecified atom stereocenters. The highest BCUT2D eigenvalue weighted by Crippen LogP contribution is 2.32. The van der Waals surface area contributed by atoms with Crippen LogP contribution in [0.15, 0.2) is 12.1 Å². The third-order valence-corrected chi connectivity index (χ3v) is 3.49. The van der Waals surface area contributed by atoms with Crippen molar-refractivity contribution in [2.75, 3.05) is 0 Å². The Morgan fingerprint density at radius 2 is 1.68 bits per heavy atom. The molecule has 1 aliphatic rings. The smallest absolute Gasteiger partial charge is 0.194 e. The Morgan fingerprint density at radius 3 is 2.32 bits per heavy atom. The molecular weight excluding hydrogens is 255 g/mol. The molecule has 2 aromatic rings. The van der Waals surface area contributed by atoms with Gasteiger partial charge in [0.15, 0.2) is 23.3 Å². The van der Waals surface area contributed by atoms with E-state index in [1.165, 1.54) is 0 Å². The molecule has 6 heteroatoms. The molecular formula is C13H12F3N3. The Bertz CT molecular complexity index is 580. The predicted octanol–water partition coefficient (Wildman–Crippen LogP) is 3.55. The predicted molar refractivity (Wildman–Crippen MR) is 62.9 cm³/mol. The summed E-state index contributed by atoms with van der Waals surface area (Å²) in [4.78, 5) is 4.25. The van der Waals surface area contributed by atoms with Gasteiger partial charge in [0.25, 0.3) is 0 Å². The number of aromatic amines is 1. The summed E-state index contributed by atoms with van der Waals surface area (Å²) in [6.45, 7) is 0. The molecule has 1 aromatic carbocycles. The zero-order valence-corrected chi connectivity index (χ0v) is 10.1. The van der Waals surface area contributed by atoms with Gasteiger partial charge in [-0.3, -0.25) is 5.10 Å². The minimum atomic E-state index is -1.48. The largest absolute Gasteiger partial charge is 0.262 e. The summed E-state index contributed by atoms with van der Waals surface area (Å²) in [5.74, 6) is -2.69. The van der Waals surface area contributed by atoms with Crippen LogP contribution < -0.4 is 0 Å². The maximum absolute atomic E-state index is 13.2. The van der Waals surface area contributed by atoms with E-state index < -0.39 is 17.5 Å². The number of halogens is 3. The van der Waals surface area contributed by atoms with E-state index in [0.717, 1.165) is 43.6 Å². The number of nitrogens with zero attached hydrogens (tertiary/aromatic N) is 2. The lowest BCUT2D eigenvalue weighted by atomic mass is 10.1. The lowest BCUT2D eigenvalue weighted by Gasteiger charge is -2.02. The Morgan fingerprint density at radius 1 is 1.05 bits per heavy atom. The molecule has 3 rings (SSSR count). The quantitative estimate of drug-likeness (QED) is 0.845. The number of aromatic nitrogens is 3. The average Bonchev–Trinajstić information content (AvgIpc) is 3.05. The maximum Gasteiger partial charge on any atom is 0.194 e. The molecule has 19 heavy (non-hydrogen) atoms. The van der Waals surface area contributed by atoms with E-state index in [9.17, 15) is 13.2 Å². The van der Waals surface area contributed by atoms with Gasteiger partial charge in [-0.05, 0) is 25.0 Å². The third-order valence-electron chi connectivity index (χ3n) is 3.49. The van der Waals surface area contributed by atoms with Crippen molar-refractivity contribution in [3.8, 4) is 11.4 Å². The second-order valence-electron chi connectivity index (χ2n) is 4.78. The first-order chi connectivity index (χ1) is 9.15. The number of nitrogens with one attached hydrogen (secondary N) is 1. The van der Waals surface area contributed by atoms with E-state index in [4.69, 9.17) is 0 Å². The molecule has 0 spiro atoms. The SMILES string of the molecule is Fc1cc(-c2n[nH]c(C3CCCC3)n2)cc(F)c1F. The monoisotopic (exact) mass is 267 g/mol. The Labute approximate surface area is 107 Å².